The van der Waals surface area contributed by atoms with Crippen molar-refractivity contribution in [1.29, 1.82) is 0 Å². The topological polar surface area (TPSA) is 89.8 Å². The van der Waals surface area contributed by atoms with Gasteiger partial charge in [-0.1, -0.05) is 23.8 Å². The van der Waals surface area contributed by atoms with Gasteiger partial charge in [-0.25, -0.2) is 17.5 Å². The molecule has 0 saturated carbocycles. The average Bonchev–Trinajstić information content (AvgIpc) is 3.02. The maximum atomic E-state index is 13.2. The van der Waals surface area contributed by atoms with E-state index in [0.717, 1.165) is 11.6 Å². The Kier molecular flexibility index (Phi) is 4.36. The number of nitrogens with one attached hydrogen (secondary N) is 1. The molecule has 1 heterocycles. The Morgan fingerprint density at radius 2 is 1.92 bits per heavy atom. The number of aromatic nitrogens is 4. The molecule has 0 aliphatic heterocycles. The number of rotatable bonds is 5. The van der Waals surface area contributed by atoms with Crippen LogP contribution in [0.25, 0.3) is 5.69 Å². The van der Waals surface area contributed by atoms with E-state index in [4.69, 9.17) is 0 Å². The van der Waals surface area contributed by atoms with Gasteiger partial charge in [0, 0.05) is 0 Å². The highest BCUT2D eigenvalue weighted by atomic mass is 32.2. The van der Waals surface area contributed by atoms with Crippen molar-refractivity contribution < 1.29 is 12.8 Å². The summed E-state index contributed by atoms with van der Waals surface area (Å²) in [6, 6.07) is 12.2. The monoisotopic (exact) mass is 347 g/mol. The van der Waals surface area contributed by atoms with Gasteiger partial charge in [-0.2, -0.15) is 4.68 Å². The van der Waals surface area contributed by atoms with E-state index >= 15 is 0 Å². The SMILES string of the molecule is Cc1ccc(-n2nnnc2CNS(=O)(=O)c2cccc(F)c2)cc1. The molecule has 0 spiro atoms. The number of nitrogens with zero attached hydrogens (tertiary/aromatic N) is 4. The van der Waals surface area contributed by atoms with Crippen LogP contribution < -0.4 is 4.72 Å². The molecule has 0 radical (unpaired) electrons. The molecule has 0 fully saturated rings. The van der Waals surface area contributed by atoms with Crippen molar-refractivity contribution in [3.05, 3.63) is 65.7 Å². The molecule has 7 nitrogen and oxygen atoms in total. The highest BCUT2D eigenvalue weighted by Gasteiger charge is 2.17. The lowest BCUT2D eigenvalue weighted by Crippen LogP contribution is -2.25. The van der Waals surface area contributed by atoms with Gasteiger partial charge in [0.1, 0.15) is 5.82 Å². The van der Waals surface area contributed by atoms with Gasteiger partial charge >= 0.3 is 0 Å². The largest absolute Gasteiger partial charge is 0.241 e. The van der Waals surface area contributed by atoms with E-state index in [1.165, 1.54) is 22.9 Å². The first-order valence-corrected chi connectivity index (χ1v) is 8.53. The number of sulfonamides is 1. The normalized spacial score (nSPS) is 11.6. The van der Waals surface area contributed by atoms with Crippen LogP contribution in [0.3, 0.4) is 0 Å². The third-order valence-corrected chi connectivity index (χ3v) is 4.74. The van der Waals surface area contributed by atoms with Crippen LogP contribution in [0.2, 0.25) is 0 Å². The van der Waals surface area contributed by atoms with Gasteiger partial charge in [0.2, 0.25) is 10.0 Å². The number of benzene rings is 2. The highest BCUT2D eigenvalue weighted by molar-refractivity contribution is 7.89. The standard InChI is InChI=1S/C15H14FN5O2S/c1-11-5-7-13(8-6-11)21-15(18-19-20-21)10-17-24(22,23)14-4-2-3-12(16)9-14/h2-9,17H,10H2,1H3. The summed E-state index contributed by atoms with van der Waals surface area (Å²) >= 11 is 0. The van der Waals surface area contributed by atoms with Crippen LogP contribution in [0.1, 0.15) is 11.4 Å². The van der Waals surface area contributed by atoms with Crippen LogP contribution in [0.5, 0.6) is 0 Å². The van der Waals surface area contributed by atoms with Gasteiger partial charge in [0.05, 0.1) is 17.1 Å². The van der Waals surface area contributed by atoms with Gasteiger partial charge in [-0.15, -0.1) is 5.10 Å². The maximum absolute atomic E-state index is 13.2. The number of aryl methyl sites for hydroxylation is 1. The zero-order chi connectivity index (χ0) is 17.2. The first-order valence-electron chi connectivity index (χ1n) is 7.05. The van der Waals surface area contributed by atoms with Crippen molar-refractivity contribution in [2.24, 2.45) is 0 Å². The van der Waals surface area contributed by atoms with Crippen LogP contribution in [-0.4, -0.2) is 28.6 Å². The van der Waals surface area contributed by atoms with E-state index in [-0.39, 0.29) is 11.4 Å². The summed E-state index contributed by atoms with van der Waals surface area (Å²) in [6.45, 7) is 1.83. The van der Waals surface area contributed by atoms with Crippen molar-refractivity contribution in [3.63, 3.8) is 0 Å². The lowest BCUT2D eigenvalue weighted by molar-refractivity contribution is 0.574. The second-order valence-electron chi connectivity index (χ2n) is 5.12. The molecule has 1 aromatic heterocycles. The zero-order valence-electron chi connectivity index (χ0n) is 12.7. The van der Waals surface area contributed by atoms with Crippen LogP contribution in [0, 0.1) is 12.7 Å². The minimum atomic E-state index is -3.86. The molecule has 0 aliphatic carbocycles. The first-order chi connectivity index (χ1) is 11.5. The molecule has 0 atom stereocenters. The predicted octanol–water partition coefficient (Wildman–Crippen LogP) is 1.59. The number of halogens is 1. The van der Waals surface area contributed by atoms with E-state index in [0.29, 0.717) is 11.5 Å². The Morgan fingerprint density at radius 3 is 2.62 bits per heavy atom. The van der Waals surface area contributed by atoms with Crippen molar-refractivity contribution in [1.82, 2.24) is 24.9 Å². The van der Waals surface area contributed by atoms with Crippen LogP contribution >= 0.6 is 0 Å². The second-order valence-corrected chi connectivity index (χ2v) is 6.89. The minimum absolute atomic E-state index is 0.125. The second kappa shape index (κ2) is 6.46. The molecule has 3 rings (SSSR count). The molecule has 124 valence electrons. The summed E-state index contributed by atoms with van der Waals surface area (Å²) in [4.78, 5) is -0.156. The molecule has 24 heavy (non-hydrogen) atoms. The molecule has 0 saturated heterocycles. The van der Waals surface area contributed by atoms with Gasteiger partial charge in [-0.05, 0) is 47.7 Å². The van der Waals surface area contributed by atoms with Crippen LogP contribution in [0.4, 0.5) is 4.39 Å². The van der Waals surface area contributed by atoms with Gasteiger partial charge in [0.15, 0.2) is 5.82 Å². The molecule has 3 aromatic rings. The van der Waals surface area contributed by atoms with Crippen molar-refractivity contribution >= 4 is 10.0 Å². The Morgan fingerprint density at radius 1 is 1.17 bits per heavy atom. The zero-order valence-corrected chi connectivity index (χ0v) is 13.5. The molecular weight excluding hydrogens is 333 g/mol. The fourth-order valence-corrected chi connectivity index (χ4v) is 3.09. The Hall–Kier alpha value is -2.65. The van der Waals surface area contributed by atoms with Crippen molar-refractivity contribution in [2.75, 3.05) is 0 Å². The molecular formula is C15H14FN5O2S. The van der Waals surface area contributed by atoms with E-state index in [2.05, 4.69) is 20.2 Å². The smallest absolute Gasteiger partial charge is 0.207 e. The average molecular weight is 347 g/mol. The highest BCUT2D eigenvalue weighted by Crippen LogP contribution is 2.12. The molecule has 0 aliphatic rings. The summed E-state index contributed by atoms with van der Waals surface area (Å²) in [5.41, 5.74) is 1.80. The Labute approximate surface area is 138 Å². The first kappa shape index (κ1) is 16.2. The molecule has 0 unspecified atom stereocenters. The van der Waals surface area contributed by atoms with Crippen molar-refractivity contribution in [3.8, 4) is 5.69 Å². The van der Waals surface area contributed by atoms with E-state index in [9.17, 15) is 12.8 Å². The van der Waals surface area contributed by atoms with Crippen LogP contribution in [0.15, 0.2) is 53.4 Å². The number of tetrazole rings is 1. The fraction of sp³-hybridized carbons (Fsp3) is 0.133. The fourth-order valence-electron chi connectivity index (χ4n) is 2.08. The lowest BCUT2D eigenvalue weighted by atomic mass is 10.2. The minimum Gasteiger partial charge on any atom is -0.207 e. The maximum Gasteiger partial charge on any atom is 0.241 e. The molecule has 2 aromatic carbocycles. The quantitative estimate of drug-likeness (QED) is 0.757. The molecule has 0 amide bonds. The van der Waals surface area contributed by atoms with Crippen LogP contribution in [-0.2, 0) is 16.6 Å². The number of hydrogen-bond donors (Lipinski definition) is 1. The molecule has 9 heteroatoms. The van der Waals surface area contributed by atoms with Crippen molar-refractivity contribution in [2.45, 2.75) is 18.4 Å². The summed E-state index contributed by atoms with van der Waals surface area (Å²) < 4.78 is 41.4. The Bertz CT molecular complexity index is 954. The third kappa shape index (κ3) is 3.47. The molecule has 0 bridgehead atoms. The number of hydrogen-bond acceptors (Lipinski definition) is 5. The van der Waals surface area contributed by atoms with Gasteiger partial charge < -0.3 is 0 Å². The summed E-state index contributed by atoms with van der Waals surface area (Å²) in [7, 11) is -3.86. The predicted molar refractivity (Wildman–Crippen MR) is 84.3 cm³/mol. The van der Waals surface area contributed by atoms with E-state index in [1.807, 2.05) is 31.2 Å². The third-order valence-electron chi connectivity index (χ3n) is 3.34. The summed E-state index contributed by atoms with van der Waals surface area (Å²) in [5.74, 6) is -0.304. The Balaban J connectivity index is 1.81. The summed E-state index contributed by atoms with van der Waals surface area (Å²) in [6.07, 6.45) is 0. The molecule has 1 N–H and O–H groups in total. The summed E-state index contributed by atoms with van der Waals surface area (Å²) in [5, 5.41) is 11.3. The lowest BCUT2D eigenvalue weighted by Gasteiger charge is -2.08. The van der Waals surface area contributed by atoms with Gasteiger partial charge in [-0.3, -0.25) is 0 Å². The van der Waals surface area contributed by atoms with Gasteiger partial charge in [0.25, 0.3) is 0 Å². The van der Waals surface area contributed by atoms with E-state index in [1.54, 1.807) is 0 Å². The van der Waals surface area contributed by atoms with E-state index < -0.39 is 15.8 Å².